The van der Waals surface area contributed by atoms with E-state index in [9.17, 15) is 29.7 Å². The van der Waals surface area contributed by atoms with Crippen LogP contribution in [0, 0.1) is 28.1 Å². The summed E-state index contributed by atoms with van der Waals surface area (Å²) in [7, 11) is 0. The first-order valence-corrected chi connectivity index (χ1v) is 13.9. The zero-order valence-electron chi connectivity index (χ0n) is 23.4. The van der Waals surface area contributed by atoms with Crippen LogP contribution in [0.2, 0.25) is 0 Å². The summed E-state index contributed by atoms with van der Waals surface area (Å²) in [6.07, 6.45) is -0.00498. The number of carboxylic acid groups (broad SMARTS) is 1. The molecule has 0 amide bonds. The molecule has 1 radical (unpaired) electrons. The molecule has 10 heteroatoms. The van der Waals surface area contributed by atoms with Crippen molar-refractivity contribution in [1.82, 2.24) is 0 Å². The number of alkyl halides is 1. The number of halogens is 1. The molecule has 2 N–H and O–H groups in total. The number of rotatable bonds is 8. The molecule has 4 aliphatic carbocycles. The van der Waals surface area contributed by atoms with Gasteiger partial charge in [-0.3, -0.25) is 9.59 Å². The van der Waals surface area contributed by atoms with Gasteiger partial charge in [-0.25, -0.2) is 9.18 Å². The third-order valence-electron chi connectivity index (χ3n) is 10.6. The lowest BCUT2D eigenvalue weighted by molar-refractivity contribution is -0.215. The highest BCUT2D eigenvalue weighted by atomic mass is 19.1. The lowest BCUT2D eigenvalue weighted by Crippen LogP contribution is -2.69. The number of carbonyl (C=O) groups is 3. The summed E-state index contributed by atoms with van der Waals surface area (Å²) in [5.41, 5.74) is -5.51. The van der Waals surface area contributed by atoms with Crippen molar-refractivity contribution in [3.63, 3.8) is 0 Å². The van der Waals surface area contributed by atoms with Crippen LogP contribution in [-0.4, -0.2) is 59.4 Å². The first-order valence-electron chi connectivity index (χ1n) is 13.9. The highest BCUT2D eigenvalue weighted by Crippen LogP contribution is 2.73. The Morgan fingerprint density at radius 1 is 1.21 bits per heavy atom. The molecule has 3 fully saturated rings. The number of aliphatic hydroxyl groups is 1. The Hall–Kier alpha value is -2.46. The van der Waals surface area contributed by atoms with Gasteiger partial charge in [0.05, 0.1) is 23.5 Å². The normalized spacial score (nSPS) is 40.2. The number of ether oxygens (including phenoxy) is 3. The number of fused-ring (bicyclic) bond motifs is 5. The Labute approximate surface area is 228 Å². The SMILES string of the molecule is CCC[C@]1(C(=O)O)CCC2C3CCC4=CC(=O)C(OC[O])=C(C(C)OC(=O)OCC)[C@]4(C)[C@@]3(F)[C@@H](O)C[C@@]21C. The van der Waals surface area contributed by atoms with Gasteiger partial charge < -0.3 is 24.4 Å². The minimum absolute atomic E-state index is 0.0141. The van der Waals surface area contributed by atoms with Crippen molar-refractivity contribution < 1.29 is 48.3 Å². The molecule has 0 aromatic heterocycles. The lowest BCUT2D eigenvalue weighted by Gasteiger charge is -2.64. The molecule has 217 valence electrons. The fourth-order valence-corrected chi connectivity index (χ4v) is 8.99. The fourth-order valence-electron chi connectivity index (χ4n) is 8.99. The van der Waals surface area contributed by atoms with E-state index < -0.39 is 64.7 Å². The van der Waals surface area contributed by atoms with E-state index in [0.717, 1.165) is 0 Å². The van der Waals surface area contributed by atoms with Gasteiger partial charge in [0.25, 0.3) is 0 Å². The third-order valence-corrected chi connectivity index (χ3v) is 10.6. The van der Waals surface area contributed by atoms with Crippen LogP contribution >= 0.6 is 0 Å². The molecule has 0 saturated heterocycles. The highest BCUT2D eigenvalue weighted by Gasteiger charge is 2.76. The van der Waals surface area contributed by atoms with E-state index in [-0.39, 0.29) is 30.3 Å². The van der Waals surface area contributed by atoms with Crippen molar-refractivity contribution >= 4 is 17.9 Å². The summed E-state index contributed by atoms with van der Waals surface area (Å²) >= 11 is 0. The molecule has 8 atom stereocenters. The number of aliphatic carboxylic acids is 1. The van der Waals surface area contributed by atoms with Crippen molar-refractivity contribution in [3.8, 4) is 0 Å². The Morgan fingerprint density at radius 3 is 2.49 bits per heavy atom. The van der Waals surface area contributed by atoms with Crippen molar-refractivity contribution in [2.45, 2.75) is 97.4 Å². The minimum atomic E-state index is -2.35. The molecule has 0 aromatic carbocycles. The summed E-state index contributed by atoms with van der Waals surface area (Å²) in [5, 5.41) is 33.7. The maximum absolute atomic E-state index is 18.1. The molecule has 0 bridgehead atoms. The number of aliphatic hydroxyl groups excluding tert-OH is 1. The predicted octanol–water partition coefficient (Wildman–Crippen LogP) is 4.89. The summed E-state index contributed by atoms with van der Waals surface area (Å²) < 4.78 is 33.7. The molecule has 0 heterocycles. The molecule has 39 heavy (non-hydrogen) atoms. The van der Waals surface area contributed by atoms with Crippen LogP contribution in [0.3, 0.4) is 0 Å². The number of hydrogen-bond donors (Lipinski definition) is 2. The monoisotopic (exact) mass is 551 g/mol. The average molecular weight is 552 g/mol. The van der Waals surface area contributed by atoms with E-state index in [4.69, 9.17) is 14.2 Å². The van der Waals surface area contributed by atoms with Crippen LogP contribution in [-0.2, 0) is 28.9 Å². The highest BCUT2D eigenvalue weighted by molar-refractivity contribution is 6.05. The van der Waals surface area contributed by atoms with E-state index in [0.29, 0.717) is 44.1 Å². The van der Waals surface area contributed by atoms with Gasteiger partial charge in [0.1, 0.15) is 6.10 Å². The Balaban J connectivity index is 1.88. The maximum Gasteiger partial charge on any atom is 0.508 e. The number of allylic oxidation sites excluding steroid dienone is 2. The second-order valence-electron chi connectivity index (χ2n) is 11.9. The van der Waals surface area contributed by atoms with E-state index in [1.807, 2.05) is 13.8 Å². The molecule has 4 aliphatic rings. The van der Waals surface area contributed by atoms with Gasteiger partial charge in [0.15, 0.2) is 11.4 Å². The third kappa shape index (κ3) is 3.88. The van der Waals surface area contributed by atoms with Gasteiger partial charge in [0, 0.05) is 11.5 Å². The van der Waals surface area contributed by atoms with Crippen LogP contribution in [0.4, 0.5) is 9.18 Å². The van der Waals surface area contributed by atoms with Crippen molar-refractivity contribution in [2.75, 3.05) is 13.4 Å². The van der Waals surface area contributed by atoms with Crippen LogP contribution in [0.15, 0.2) is 23.0 Å². The molecule has 0 spiro atoms. The van der Waals surface area contributed by atoms with Gasteiger partial charge in [-0.1, -0.05) is 25.8 Å². The number of carbonyl (C=O) groups excluding carboxylic acids is 2. The standard InChI is InChI=1S/C29H40FO9/c1-6-11-28(24(34)35)12-10-18-19-9-8-17-13-20(32)23(38-15-31)22(16(3)39-25(36)37-7-2)27(17,5)29(19,30)21(33)14-26(18,28)4/h13,16,18-19,21,33H,6-12,14-15H2,1-5H3,(H,34,35)/t16?,18?,19?,21-,26-,27+,28+,29-/m0/s1. The summed E-state index contributed by atoms with van der Waals surface area (Å²) in [4.78, 5) is 38.1. The minimum Gasteiger partial charge on any atom is -0.481 e. The van der Waals surface area contributed by atoms with Crippen molar-refractivity contribution in [1.29, 1.82) is 0 Å². The zero-order valence-corrected chi connectivity index (χ0v) is 23.4. The fraction of sp³-hybridized carbons (Fsp3) is 0.759. The van der Waals surface area contributed by atoms with Gasteiger partial charge >= 0.3 is 12.1 Å². The van der Waals surface area contributed by atoms with E-state index in [2.05, 4.69) is 0 Å². The molecule has 3 unspecified atom stereocenters. The lowest BCUT2D eigenvalue weighted by atomic mass is 9.42. The van der Waals surface area contributed by atoms with Crippen LogP contribution in [0.5, 0.6) is 0 Å². The average Bonchev–Trinajstić information content (AvgIpc) is 3.14. The zero-order chi connectivity index (χ0) is 29.0. The Bertz CT molecular complexity index is 1100. The summed E-state index contributed by atoms with van der Waals surface area (Å²) in [6.45, 7) is 7.36. The van der Waals surface area contributed by atoms with Crippen molar-refractivity contribution in [3.05, 3.63) is 23.0 Å². The number of carboxylic acids is 1. The largest absolute Gasteiger partial charge is 0.508 e. The second-order valence-corrected chi connectivity index (χ2v) is 11.9. The molecule has 9 nitrogen and oxygen atoms in total. The van der Waals surface area contributed by atoms with Gasteiger partial charge in [-0.15, -0.1) is 0 Å². The second kappa shape index (κ2) is 10.2. The summed E-state index contributed by atoms with van der Waals surface area (Å²) in [5.74, 6) is -3.00. The predicted molar refractivity (Wildman–Crippen MR) is 135 cm³/mol. The van der Waals surface area contributed by atoms with Crippen LogP contribution in [0.25, 0.3) is 0 Å². The molecule has 0 aromatic rings. The van der Waals surface area contributed by atoms with E-state index in [1.165, 1.54) is 13.0 Å². The molecule has 4 rings (SSSR count). The molecule has 3 saturated carbocycles. The van der Waals surface area contributed by atoms with Crippen LogP contribution in [0.1, 0.15) is 79.6 Å². The molecule has 0 aliphatic heterocycles. The number of ketones is 1. The molecular formula is C29H40FO9. The van der Waals surface area contributed by atoms with E-state index in [1.54, 1.807) is 13.8 Å². The number of hydrogen-bond acceptors (Lipinski definition) is 7. The van der Waals surface area contributed by atoms with E-state index >= 15 is 4.39 Å². The topological polar surface area (TPSA) is 139 Å². The maximum atomic E-state index is 18.1. The van der Waals surface area contributed by atoms with Gasteiger partial charge in [0.2, 0.25) is 12.6 Å². The van der Waals surface area contributed by atoms with Crippen LogP contribution < -0.4 is 0 Å². The quantitative estimate of drug-likeness (QED) is 0.321. The van der Waals surface area contributed by atoms with Crippen molar-refractivity contribution in [2.24, 2.45) is 28.1 Å². The smallest absolute Gasteiger partial charge is 0.481 e. The summed E-state index contributed by atoms with van der Waals surface area (Å²) in [6, 6.07) is 0. The Morgan fingerprint density at radius 2 is 1.90 bits per heavy atom. The van der Waals surface area contributed by atoms with Gasteiger partial charge in [-0.2, -0.15) is 5.11 Å². The van der Waals surface area contributed by atoms with Gasteiger partial charge in [-0.05, 0) is 76.7 Å². The molecular weight excluding hydrogens is 511 g/mol. The first kappa shape index (κ1) is 29.5. The first-order chi connectivity index (χ1) is 18.3. The Kier molecular flexibility index (Phi) is 7.70.